The van der Waals surface area contributed by atoms with Gasteiger partial charge >= 0.3 is 6.09 Å². The third-order valence-corrected chi connectivity index (χ3v) is 12.6. The van der Waals surface area contributed by atoms with E-state index in [1.54, 1.807) is 93.6 Å². The van der Waals surface area contributed by atoms with Crippen LogP contribution in [0.1, 0.15) is 31.9 Å². The molecule has 0 saturated carbocycles. The summed E-state index contributed by atoms with van der Waals surface area (Å²) in [5, 5.41) is 0.0258. The highest BCUT2D eigenvalue weighted by Crippen LogP contribution is 2.36. The van der Waals surface area contributed by atoms with Gasteiger partial charge in [0.15, 0.2) is 0 Å². The predicted octanol–water partition coefficient (Wildman–Crippen LogP) is 7.06. The Morgan fingerprint density at radius 3 is 1.38 bits per heavy atom. The second-order valence-electron chi connectivity index (χ2n) is 12.5. The normalized spacial score (nSPS) is 17.2. The van der Waals surface area contributed by atoms with Crippen LogP contribution < -0.4 is 0 Å². The number of carbonyl (C=O) groups is 1. The van der Waals surface area contributed by atoms with E-state index in [-0.39, 0.29) is 46.0 Å². The lowest BCUT2D eigenvalue weighted by molar-refractivity contribution is 0.0281. The first kappa shape index (κ1) is 35.8. The number of nitrogens with zero attached hydrogens (tertiary/aromatic N) is 3. The molecule has 0 bridgehead atoms. The summed E-state index contributed by atoms with van der Waals surface area (Å²) < 4.78 is 66.9. The Morgan fingerprint density at radius 2 is 1.02 bits per heavy atom. The minimum Gasteiger partial charge on any atom is -0.444 e. The van der Waals surface area contributed by atoms with Gasteiger partial charge in [-0.2, -0.15) is 8.61 Å². The molecule has 0 N–H and O–H groups in total. The van der Waals surface area contributed by atoms with Gasteiger partial charge in [0.1, 0.15) is 15.4 Å². The van der Waals surface area contributed by atoms with Crippen LogP contribution in [-0.4, -0.2) is 67.2 Å². The average Bonchev–Trinajstić information content (AvgIpc) is 3.47. The molecule has 1 saturated heterocycles. The Labute approximate surface area is 292 Å². The van der Waals surface area contributed by atoms with E-state index >= 15 is 0 Å². The molecule has 13 heteroatoms. The van der Waals surface area contributed by atoms with Crippen molar-refractivity contribution in [3.05, 3.63) is 130 Å². The number of carbonyl (C=O) groups excluding carboxylic acids is 1. The van der Waals surface area contributed by atoms with Gasteiger partial charge in [0.05, 0.1) is 22.1 Å². The molecule has 0 aromatic heterocycles. The summed E-state index contributed by atoms with van der Waals surface area (Å²) in [4.78, 5) is 14.7. The third kappa shape index (κ3) is 8.05. The topological polar surface area (TPSA) is 104 Å². The molecule has 0 spiro atoms. The average molecular weight is 731 g/mol. The SMILES string of the molecule is CC(C)(C)OC(=O)N1C[C@H](N(Cc2ccccc2)S(=O)(=O)c2ccccc2Cl)[C@@H](N(Cc2ccccc2)S(=O)(=O)c2ccccc2Cl)C1. The van der Waals surface area contributed by atoms with Crippen LogP contribution in [0.4, 0.5) is 4.79 Å². The summed E-state index contributed by atoms with van der Waals surface area (Å²) in [5.41, 5.74) is 0.461. The van der Waals surface area contributed by atoms with Crippen LogP contribution >= 0.6 is 23.2 Å². The number of benzene rings is 4. The number of hydrogen-bond donors (Lipinski definition) is 0. The van der Waals surface area contributed by atoms with Gasteiger partial charge in [-0.25, -0.2) is 21.6 Å². The zero-order chi connectivity index (χ0) is 34.7. The molecule has 48 heavy (non-hydrogen) atoms. The van der Waals surface area contributed by atoms with Gasteiger partial charge in [-0.1, -0.05) is 108 Å². The molecule has 0 aliphatic carbocycles. The summed E-state index contributed by atoms with van der Waals surface area (Å²) in [6, 6.07) is 28.0. The Hall–Kier alpha value is -3.45. The standard InChI is InChI=1S/C35H37Cl2N3O6S2/c1-35(2,3)46-34(41)38-24-30(39(22-26-14-6-4-7-15-26)47(42,43)32-20-12-10-18-28(32)36)31(25-38)40(23-27-16-8-5-9-17-27)48(44,45)33-21-13-11-19-29(33)37/h4-21,30-31H,22-25H2,1-3H3/t30-,31-/m0/s1. The summed E-state index contributed by atoms with van der Waals surface area (Å²) in [7, 11) is -8.76. The molecule has 9 nitrogen and oxygen atoms in total. The molecule has 0 radical (unpaired) electrons. The Morgan fingerprint density at radius 1 is 0.667 bits per heavy atom. The van der Waals surface area contributed by atoms with E-state index in [1.165, 1.54) is 37.8 Å². The summed E-state index contributed by atoms with van der Waals surface area (Å²) in [6.45, 7) is 4.63. The smallest absolute Gasteiger partial charge is 0.410 e. The quantitative estimate of drug-likeness (QED) is 0.173. The molecule has 1 heterocycles. The fraction of sp³-hybridized carbons (Fsp3) is 0.286. The fourth-order valence-electron chi connectivity index (χ4n) is 5.66. The number of halogens is 2. The number of ether oxygens (including phenoxy) is 1. The van der Waals surface area contributed by atoms with Gasteiger partial charge in [0, 0.05) is 26.2 Å². The van der Waals surface area contributed by atoms with Gasteiger partial charge in [-0.15, -0.1) is 0 Å². The highest BCUT2D eigenvalue weighted by molar-refractivity contribution is 7.89. The van der Waals surface area contributed by atoms with Gasteiger partial charge in [-0.3, -0.25) is 0 Å². The molecule has 1 aliphatic rings. The number of amides is 1. The fourth-order valence-corrected chi connectivity index (χ4v) is 9.92. The second kappa shape index (κ2) is 14.6. The van der Waals surface area contributed by atoms with Gasteiger partial charge in [0.2, 0.25) is 20.0 Å². The first-order valence-electron chi connectivity index (χ1n) is 15.3. The molecular weight excluding hydrogens is 693 g/mol. The molecule has 5 rings (SSSR count). The molecule has 254 valence electrons. The largest absolute Gasteiger partial charge is 0.444 e. The number of hydrogen-bond acceptors (Lipinski definition) is 6. The zero-order valence-corrected chi connectivity index (χ0v) is 29.9. The number of rotatable bonds is 10. The first-order valence-corrected chi connectivity index (χ1v) is 18.9. The summed E-state index contributed by atoms with van der Waals surface area (Å²) >= 11 is 13.0. The van der Waals surface area contributed by atoms with Gasteiger partial charge in [0.25, 0.3) is 0 Å². The Balaban J connectivity index is 1.71. The van der Waals surface area contributed by atoms with Crippen LogP contribution in [0.2, 0.25) is 10.0 Å². The van der Waals surface area contributed by atoms with Crippen molar-refractivity contribution in [1.29, 1.82) is 0 Å². The van der Waals surface area contributed by atoms with Gasteiger partial charge in [-0.05, 0) is 56.2 Å². The van der Waals surface area contributed by atoms with E-state index in [9.17, 15) is 21.6 Å². The monoisotopic (exact) mass is 729 g/mol. The lowest BCUT2D eigenvalue weighted by atomic mass is 10.1. The van der Waals surface area contributed by atoms with Crippen LogP contribution in [0, 0.1) is 0 Å². The van der Waals surface area contributed by atoms with Crippen molar-refractivity contribution in [2.75, 3.05) is 13.1 Å². The predicted molar refractivity (Wildman–Crippen MR) is 187 cm³/mol. The minimum absolute atomic E-state index is 0.0129. The van der Waals surface area contributed by atoms with E-state index in [1.807, 2.05) is 12.1 Å². The molecule has 0 unspecified atom stereocenters. The van der Waals surface area contributed by atoms with Crippen LogP contribution in [0.3, 0.4) is 0 Å². The first-order chi connectivity index (χ1) is 22.7. The van der Waals surface area contributed by atoms with Crippen LogP contribution in [0.15, 0.2) is 119 Å². The third-order valence-electron chi connectivity index (χ3n) is 7.86. The lowest BCUT2D eigenvalue weighted by Gasteiger charge is -2.37. The van der Waals surface area contributed by atoms with Crippen LogP contribution in [0.25, 0.3) is 0 Å². The van der Waals surface area contributed by atoms with E-state index in [4.69, 9.17) is 27.9 Å². The van der Waals surface area contributed by atoms with E-state index in [2.05, 4.69) is 0 Å². The van der Waals surface area contributed by atoms with Crippen molar-refractivity contribution < 1.29 is 26.4 Å². The summed E-state index contributed by atoms with van der Waals surface area (Å²) in [6.07, 6.45) is -0.695. The molecular formula is C35H37Cl2N3O6S2. The van der Waals surface area contributed by atoms with Crippen molar-refractivity contribution in [2.24, 2.45) is 0 Å². The Kier molecular flexibility index (Phi) is 10.9. The summed E-state index contributed by atoms with van der Waals surface area (Å²) in [5.74, 6) is 0. The van der Waals surface area contributed by atoms with E-state index in [0.717, 1.165) is 0 Å². The minimum atomic E-state index is -4.38. The maximum atomic E-state index is 14.7. The molecule has 1 amide bonds. The zero-order valence-electron chi connectivity index (χ0n) is 26.7. The molecule has 1 aliphatic heterocycles. The number of likely N-dealkylation sites (tertiary alicyclic amines) is 1. The van der Waals surface area contributed by atoms with Crippen molar-refractivity contribution in [1.82, 2.24) is 13.5 Å². The molecule has 4 aromatic rings. The van der Waals surface area contributed by atoms with Gasteiger partial charge < -0.3 is 9.64 Å². The lowest BCUT2D eigenvalue weighted by Crippen LogP contribution is -2.54. The van der Waals surface area contributed by atoms with Crippen LogP contribution in [0.5, 0.6) is 0 Å². The van der Waals surface area contributed by atoms with Crippen molar-refractivity contribution in [2.45, 2.75) is 61.3 Å². The van der Waals surface area contributed by atoms with Crippen LogP contribution in [-0.2, 0) is 37.9 Å². The van der Waals surface area contributed by atoms with Crippen molar-refractivity contribution in [3.63, 3.8) is 0 Å². The van der Waals surface area contributed by atoms with E-state index in [0.29, 0.717) is 11.1 Å². The Bertz CT molecular complexity index is 1830. The van der Waals surface area contributed by atoms with Crippen molar-refractivity contribution in [3.8, 4) is 0 Å². The highest BCUT2D eigenvalue weighted by Gasteiger charge is 2.50. The molecule has 1 fully saturated rings. The second-order valence-corrected chi connectivity index (χ2v) is 17.0. The number of sulfonamides is 2. The molecule has 2 atom stereocenters. The maximum absolute atomic E-state index is 14.7. The molecule has 4 aromatic carbocycles. The van der Waals surface area contributed by atoms with Crippen molar-refractivity contribution >= 4 is 49.3 Å². The maximum Gasteiger partial charge on any atom is 0.410 e. The van der Waals surface area contributed by atoms with E-state index < -0.39 is 43.8 Å². The highest BCUT2D eigenvalue weighted by atomic mass is 35.5.